The second-order valence-electron chi connectivity index (χ2n) is 2.72. The van der Waals surface area contributed by atoms with Crippen LogP contribution in [0.15, 0.2) is 12.4 Å². The molecule has 1 rings (SSSR count). The summed E-state index contributed by atoms with van der Waals surface area (Å²) in [4.78, 5) is 15.2. The summed E-state index contributed by atoms with van der Waals surface area (Å²) in [7, 11) is 0. The zero-order chi connectivity index (χ0) is 8.97. The first-order valence-electron chi connectivity index (χ1n) is 4.29. The maximum absolute atomic E-state index is 11.1. The molecule has 66 valence electrons. The molecule has 0 aliphatic rings. The molecular weight excluding hydrogens is 152 g/mol. The van der Waals surface area contributed by atoms with Crippen LogP contribution < -0.4 is 0 Å². The number of nitrogens with zero attached hydrogens (tertiary/aromatic N) is 2. The van der Waals surface area contributed by atoms with Crippen LogP contribution in [0.3, 0.4) is 0 Å². The van der Waals surface area contributed by atoms with Gasteiger partial charge in [-0.25, -0.2) is 4.98 Å². The third-order valence-corrected chi connectivity index (χ3v) is 1.86. The number of carbonyl (C=O) groups excluding carboxylic acids is 1. The van der Waals surface area contributed by atoms with E-state index in [1.807, 2.05) is 24.6 Å². The summed E-state index contributed by atoms with van der Waals surface area (Å²) >= 11 is 0. The van der Waals surface area contributed by atoms with Crippen molar-refractivity contribution >= 4 is 5.78 Å². The van der Waals surface area contributed by atoms with E-state index in [2.05, 4.69) is 4.98 Å². The van der Waals surface area contributed by atoms with E-state index >= 15 is 0 Å². The largest absolute Gasteiger partial charge is 0.328 e. The van der Waals surface area contributed by atoms with Crippen LogP contribution in [-0.2, 0) is 17.8 Å². The normalized spacial score (nSPS) is 10.2. The highest BCUT2D eigenvalue weighted by Gasteiger charge is 2.03. The number of hydrogen-bond acceptors (Lipinski definition) is 2. The van der Waals surface area contributed by atoms with Gasteiger partial charge in [0, 0.05) is 25.2 Å². The maximum Gasteiger partial charge on any atom is 0.152 e. The van der Waals surface area contributed by atoms with Gasteiger partial charge in [-0.1, -0.05) is 13.8 Å². The molecule has 3 nitrogen and oxygen atoms in total. The van der Waals surface area contributed by atoms with Gasteiger partial charge < -0.3 is 4.57 Å². The highest BCUT2D eigenvalue weighted by atomic mass is 16.1. The third-order valence-electron chi connectivity index (χ3n) is 1.86. The second-order valence-corrected chi connectivity index (χ2v) is 2.72. The van der Waals surface area contributed by atoms with Crippen LogP contribution in [0.5, 0.6) is 0 Å². The first kappa shape index (κ1) is 8.97. The molecule has 1 heterocycles. The lowest BCUT2D eigenvalue weighted by atomic mass is 10.3. The summed E-state index contributed by atoms with van der Waals surface area (Å²) in [6.07, 6.45) is 5.07. The molecule has 0 saturated heterocycles. The number of imidazole rings is 1. The smallest absolute Gasteiger partial charge is 0.152 e. The van der Waals surface area contributed by atoms with Gasteiger partial charge in [-0.15, -0.1) is 0 Å². The molecule has 0 saturated carbocycles. The fourth-order valence-electron chi connectivity index (χ4n) is 1.10. The molecule has 0 fully saturated rings. The van der Waals surface area contributed by atoms with E-state index in [0.717, 1.165) is 12.2 Å². The molecule has 0 spiro atoms. The van der Waals surface area contributed by atoms with Crippen molar-refractivity contribution in [1.82, 2.24) is 9.55 Å². The number of rotatable bonds is 4. The van der Waals surface area contributed by atoms with Crippen molar-refractivity contribution in [3.05, 3.63) is 18.2 Å². The Hall–Kier alpha value is -1.12. The molecule has 0 radical (unpaired) electrons. The van der Waals surface area contributed by atoms with Crippen LogP contribution in [0.25, 0.3) is 0 Å². The summed E-state index contributed by atoms with van der Waals surface area (Å²) in [6, 6.07) is 0. The average molecular weight is 166 g/mol. The summed E-state index contributed by atoms with van der Waals surface area (Å²) in [5.74, 6) is 1.24. The van der Waals surface area contributed by atoms with Crippen molar-refractivity contribution in [3.8, 4) is 0 Å². The Kier molecular flexibility index (Phi) is 3.02. The van der Waals surface area contributed by atoms with Gasteiger partial charge in [0.25, 0.3) is 0 Å². The standard InChI is InChI=1S/C9H14N2O/c1-3-8(12)7-11-6-5-10-9(11)4-2/h5-6H,3-4,7H2,1-2H3. The molecule has 0 aliphatic heterocycles. The number of carbonyl (C=O) groups is 1. The molecule has 0 bridgehead atoms. The SMILES string of the molecule is CCC(=O)Cn1ccnc1CC. The number of hydrogen-bond donors (Lipinski definition) is 0. The van der Waals surface area contributed by atoms with E-state index in [0.29, 0.717) is 13.0 Å². The Morgan fingerprint density at radius 2 is 2.33 bits per heavy atom. The Morgan fingerprint density at radius 1 is 1.58 bits per heavy atom. The van der Waals surface area contributed by atoms with E-state index in [4.69, 9.17) is 0 Å². The van der Waals surface area contributed by atoms with E-state index in [1.54, 1.807) is 6.20 Å². The number of Topliss-reactive ketones (excluding diaryl/α,β-unsaturated/α-hetero) is 1. The Bertz CT molecular complexity index is 265. The molecule has 3 heteroatoms. The Balaban J connectivity index is 2.68. The van der Waals surface area contributed by atoms with E-state index in [-0.39, 0.29) is 5.78 Å². The van der Waals surface area contributed by atoms with Crippen LogP contribution in [-0.4, -0.2) is 15.3 Å². The molecule has 0 aliphatic carbocycles. The van der Waals surface area contributed by atoms with Crippen molar-refractivity contribution in [1.29, 1.82) is 0 Å². The zero-order valence-corrected chi connectivity index (χ0v) is 7.58. The minimum atomic E-state index is 0.253. The van der Waals surface area contributed by atoms with E-state index in [1.165, 1.54) is 0 Å². The zero-order valence-electron chi connectivity index (χ0n) is 7.58. The van der Waals surface area contributed by atoms with Gasteiger partial charge in [0.15, 0.2) is 5.78 Å². The van der Waals surface area contributed by atoms with Gasteiger partial charge in [-0.2, -0.15) is 0 Å². The van der Waals surface area contributed by atoms with Gasteiger partial charge in [0.05, 0.1) is 6.54 Å². The third kappa shape index (κ3) is 1.94. The molecule has 0 unspecified atom stereocenters. The molecule has 0 aromatic carbocycles. The Morgan fingerprint density at radius 3 is 2.92 bits per heavy atom. The first-order valence-corrected chi connectivity index (χ1v) is 4.29. The van der Waals surface area contributed by atoms with Gasteiger partial charge in [0.2, 0.25) is 0 Å². The van der Waals surface area contributed by atoms with Crippen molar-refractivity contribution < 1.29 is 4.79 Å². The van der Waals surface area contributed by atoms with Crippen LogP contribution >= 0.6 is 0 Å². The summed E-state index contributed by atoms with van der Waals surface area (Å²) < 4.78 is 1.91. The highest BCUT2D eigenvalue weighted by molar-refractivity contribution is 5.77. The molecule has 12 heavy (non-hydrogen) atoms. The van der Waals surface area contributed by atoms with Crippen LogP contribution in [0, 0.1) is 0 Å². The second kappa shape index (κ2) is 4.04. The van der Waals surface area contributed by atoms with E-state index in [9.17, 15) is 4.79 Å². The summed E-state index contributed by atoms with van der Waals surface area (Å²) in [5.41, 5.74) is 0. The minimum Gasteiger partial charge on any atom is -0.328 e. The quantitative estimate of drug-likeness (QED) is 0.678. The Labute approximate surface area is 72.4 Å². The minimum absolute atomic E-state index is 0.253. The van der Waals surface area contributed by atoms with Crippen LogP contribution in [0.4, 0.5) is 0 Å². The number of aryl methyl sites for hydroxylation is 1. The van der Waals surface area contributed by atoms with Gasteiger partial charge in [-0.3, -0.25) is 4.79 Å². The van der Waals surface area contributed by atoms with E-state index < -0.39 is 0 Å². The monoisotopic (exact) mass is 166 g/mol. The highest BCUT2D eigenvalue weighted by Crippen LogP contribution is 1.99. The van der Waals surface area contributed by atoms with Gasteiger partial charge in [0.1, 0.15) is 5.82 Å². The lowest BCUT2D eigenvalue weighted by molar-refractivity contribution is -0.119. The van der Waals surface area contributed by atoms with Crippen molar-refractivity contribution in [2.24, 2.45) is 0 Å². The van der Waals surface area contributed by atoms with Crippen molar-refractivity contribution in [2.75, 3.05) is 0 Å². The predicted octanol–water partition coefficient (Wildman–Crippen LogP) is 1.42. The number of aromatic nitrogens is 2. The molecule has 0 atom stereocenters. The average Bonchev–Trinajstić information content (AvgIpc) is 2.51. The molecule has 0 amide bonds. The van der Waals surface area contributed by atoms with Gasteiger partial charge >= 0.3 is 0 Å². The predicted molar refractivity (Wildman–Crippen MR) is 46.9 cm³/mol. The summed E-state index contributed by atoms with van der Waals surface area (Å²) in [5, 5.41) is 0. The fourth-order valence-corrected chi connectivity index (χ4v) is 1.10. The molecule has 1 aromatic rings. The van der Waals surface area contributed by atoms with Crippen molar-refractivity contribution in [3.63, 3.8) is 0 Å². The van der Waals surface area contributed by atoms with Crippen LogP contribution in [0.1, 0.15) is 26.1 Å². The summed E-state index contributed by atoms with van der Waals surface area (Å²) in [6.45, 7) is 4.39. The topological polar surface area (TPSA) is 34.9 Å². The van der Waals surface area contributed by atoms with Crippen molar-refractivity contribution in [2.45, 2.75) is 33.2 Å². The number of ketones is 1. The lowest BCUT2D eigenvalue weighted by Gasteiger charge is -2.03. The molecule has 1 aromatic heterocycles. The lowest BCUT2D eigenvalue weighted by Crippen LogP contribution is -2.10. The van der Waals surface area contributed by atoms with Crippen LogP contribution in [0.2, 0.25) is 0 Å². The van der Waals surface area contributed by atoms with Gasteiger partial charge in [-0.05, 0) is 0 Å². The fraction of sp³-hybridized carbons (Fsp3) is 0.556. The first-order chi connectivity index (χ1) is 5.77. The molecular formula is C9H14N2O. The molecule has 0 N–H and O–H groups in total. The maximum atomic E-state index is 11.1.